The zero-order valence-corrected chi connectivity index (χ0v) is 14.7. The van der Waals surface area contributed by atoms with Crippen LogP contribution in [0.5, 0.6) is 0 Å². The monoisotopic (exact) mass is 379 g/mol. The van der Waals surface area contributed by atoms with Crippen molar-refractivity contribution in [2.45, 2.75) is 11.5 Å². The topological polar surface area (TPSA) is 112 Å². The van der Waals surface area contributed by atoms with Crippen molar-refractivity contribution >= 4 is 22.0 Å². The van der Waals surface area contributed by atoms with Crippen molar-refractivity contribution in [3.8, 4) is 0 Å². The molecule has 0 fully saturated rings. The van der Waals surface area contributed by atoms with E-state index in [1.165, 1.54) is 49.8 Å². The van der Waals surface area contributed by atoms with E-state index < -0.39 is 22.0 Å². The molecule has 0 radical (unpaired) electrons. The minimum Gasteiger partial charge on any atom is -0.463 e. The summed E-state index contributed by atoms with van der Waals surface area (Å²) in [4.78, 5) is 23.6. The fraction of sp³-hybridized carbons (Fsp3) is 0.176. The Kier molecular flexibility index (Phi) is 6.31. The van der Waals surface area contributed by atoms with Gasteiger partial charge in [-0.25, -0.2) is 22.7 Å². The van der Waals surface area contributed by atoms with Crippen LogP contribution in [0.1, 0.15) is 26.5 Å². The minimum absolute atomic E-state index is 0.0127. The van der Waals surface area contributed by atoms with Crippen LogP contribution in [0.3, 0.4) is 0 Å². The minimum atomic E-state index is -3.67. The Balaban J connectivity index is 2.04. The van der Waals surface area contributed by atoms with Gasteiger partial charge in [-0.1, -0.05) is 6.08 Å². The number of methoxy groups -OCH3 is 1. The number of hydrogen-bond donors (Lipinski definition) is 1. The van der Waals surface area contributed by atoms with E-state index in [0.29, 0.717) is 5.56 Å². The SMILES string of the molecule is C=CCNS(=O)(=O)c1ccc(C(=O)OCc2ccoc2C(=O)OC)cc1. The lowest BCUT2D eigenvalue weighted by Gasteiger charge is -2.07. The largest absolute Gasteiger partial charge is 0.463 e. The van der Waals surface area contributed by atoms with Gasteiger partial charge in [-0.2, -0.15) is 0 Å². The molecule has 26 heavy (non-hydrogen) atoms. The van der Waals surface area contributed by atoms with Crippen molar-refractivity contribution < 1.29 is 31.9 Å². The molecule has 0 aliphatic heterocycles. The Morgan fingerprint density at radius 2 is 1.88 bits per heavy atom. The lowest BCUT2D eigenvalue weighted by atomic mass is 10.2. The van der Waals surface area contributed by atoms with Crippen LogP contribution in [-0.2, 0) is 26.1 Å². The molecule has 9 heteroatoms. The second-order valence-electron chi connectivity index (χ2n) is 5.01. The Morgan fingerprint density at radius 1 is 1.19 bits per heavy atom. The van der Waals surface area contributed by atoms with E-state index in [9.17, 15) is 18.0 Å². The second-order valence-corrected chi connectivity index (χ2v) is 6.77. The number of sulfonamides is 1. The highest BCUT2D eigenvalue weighted by molar-refractivity contribution is 7.89. The third-order valence-corrected chi connectivity index (χ3v) is 4.73. The lowest BCUT2D eigenvalue weighted by molar-refractivity contribution is 0.0453. The average molecular weight is 379 g/mol. The smallest absolute Gasteiger partial charge is 0.374 e. The molecule has 0 saturated carbocycles. The van der Waals surface area contributed by atoms with Crippen LogP contribution in [0.4, 0.5) is 0 Å². The van der Waals surface area contributed by atoms with Crippen LogP contribution < -0.4 is 4.72 Å². The molecule has 0 amide bonds. The standard InChI is InChI=1S/C17H17NO7S/c1-3-9-18-26(21,22)14-6-4-12(5-7-14)16(19)25-11-13-8-10-24-15(13)17(20)23-2/h3-8,10,18H,1,9,11H2,2H3. The molecule has 8 nitrogen and oxygen atoms in total. The molecule has 0 bridgehead atoms. The van der Waals surface area contributed by atoms with Gasteiger partial charge in [-0.15, -0.1) is 6.58 Å². The molecule has 0 atom stereocenters. The van der Waals surface area contributed by atoms with Gasteiger partial charge in [0.2, 0.25) is 15.8 Å². The first-order valence-corrected chi connectivity index (χ1v) is 8.89. The molecule has 0 aliphatic carbocycles. The second kappa shape index (κ2) is 8.45. The number of esters is 2. The molecule has 1 N–H and O–H groups in total. The molecular weight excluding hydrogens is 362 g/mol. The summed E-state index contributed by atoms with van der Waals surface area (Å²) < 4.78 is 40.9. The van der Waals surface area contributed by atoms with Crippen molar-refractivity contribution in [3.63, 3.8) is 0 Å². The maximum Gasteiger partial charge on any atom is 0.374 e. The normalized spacial score (nSPS) is 11.0. The predicted octanol–water partition coefficient (Wildman–Crippen LogP) is 1.89. The highest BCUT2D eigenvalue weighted by Crippen LogP contribution is 2.15. The van der Waals surface area contributed by atoms with Gasteiger partial charge in [0.05, 0.1) is 23.8 Å². The van der Waals surface area contributed by atoms with Crippen molar-refractivity contribution in [2.75, 3.05) is 13.7 Å². The predicted molar refractivity (Wildman–Crippen MR) is 91.0 cm³/mol. The molecule has 0 unspecified atom stereocenters. The Hall–Kier alpha value is -2.91. The number of carbonyl (C=O) groups is 2. The summed E-state index contributed by atoms with van der Waals surface area (Å²) in [6.45, 7) is 3.34. The summed E-state index contributed by atoms with van der Waals surface area (Å²) in [6.07, 6.45) is 2.70. The first-order valence-electron chi connectivity index (χ1n) is 7.41. The molecule has 1 aromatic carbocycles. The maximum atomic E-state index is 12.1. The molecule has 0 aliphatic rings. The summed E-state index contributed by atoms with van der Waals surface area (Å²) in [5.41, 5.74) is 0.522. The molecule has 2 aromatic rings. The number of furan rings is 1. The van der Waals surface area contributed by atoms with Crippen molar-refractivity contribution in [2.24, 2.45) is 0 Å². The number of carbonyl (C=O) groups excluding carboxylic acids is 2. The zero-order valence-electron chi connectivity index (χ0n) is 13.9. The average Bonchev–Trinajstić information content (AvgIpc) is 3.12. The van der Waals surface area contributed by atoms with E-state index >= 15 is 0 Å². The molecular formula is C17H17NO7S. The molecule has 2 rings (SSSR count). The van der Waals surface area contributed by atoms with Crippen LogP contribution in [0.25, 0.3) is 0 Å². The third kappa shape index (κ3) is 4.58. The van der Waals surface area contributed by atoms with Crippen LogP contribution in [0.15, 0.2) is 58.6 Å². The van der Waals surface area contributed by atoms with Gasteiger partial charge in [0.15, 0.2) is 0 Å². The zero-order chi connectivity index (χ0) is 19.2. The van der Waals surface area contributed by atoms with Gasteiger partial charge in [0.1, 0.15) is 6.61 Å². The summed E-state index contributed by atoms with van der Waals surface area (Å²) >= 11 is 0. The highest BCUT2D eigenvalue weighted by Gasteiger charge is 2.18. The van der Waals surface area contributed by atoms with E-state index in [1.807, 2.05) is 0 Å². The first-order chi connectivity index (χ1) is 12.4. The van der Waals surface area contributed by atoms with E-state index in [2.05, 4.69) is 16.0 Å². The number of hydrogen-bond acceptors (Lipinski definition) is 7. The fourth-order valence-corrected chi connectivity index (χ4v) is 2.97. The Labute approximate surface area is 150 Å². The van der Waals surface area contributed by atoms with Gasteiger partial charge < -0.3 is 13.9 Å². The van der Waals surface area contributed by atoms with E-state index in [0.717, 1.165) is 0 Å². The van der Waals surface area contributed by atoms with Crippen LogP contribution in [0.2, 0.25) is 0 Å². The number of nitrogens with one attached hydrogen (secondary N) is 1. The van der Waals surface area contributed by atoms with Crippen molar-refractivity contribution in [1.29, 1.82) is 0 Å². The molecule has 1 aromatic heterocycles. The Morgan fingerprint density at radius 3 is 2.50 bits per heavy atom. The van der Waals surface area contributed by atoms with E-state index in [4.69, 9.17) is 9.15 Å². The summed E-state index contributed by atoms with van der Waals surface area (Å²) in [6, 6.07) is 6.74. The van der Waals surface area contributed by atoms with E-state index in [1.54, 1.807) is 0 Å². The van der Waals surface area contributed by atoms with Crippen LogP contribution >= 0.6 is 0 Å². The lowest BCUT2D eigenvalue weighted by Crippen LogP contribution is -2.23. The number of rotatable bonds is 8. The van der Waals surface area contributed by atoms with Gasteiger partial charge in [-0.05, 0) is 30.3 Å². The highest BCUT2D eigenvalue weighted by atomic mass is 32.2. The van der Waals surface area contributed by atoms with Gasteiger partial charge in [0, 0.05) is 12.1 Å². The van der Waals surface area contributed by atoms with Gasteiger partial charge >= 0.3 is 11.9 Å². The van der Waals surface area contributed by atoms with Crippen LogP contribution in [-0.4, -0.2) is 34.0 Å². The molecule has 1 heterocycles. The third-order valence-electron chi connectivity index (χ3n) is 3.29. The Bertz CT molecular complexity index is 897. The summed E-state index contributed by atoms with van der Waals surface area (Å²) in [5, 5.41) is 0. The summed E-state index contributed by atoms with van der Waals surface area (Å²) in [7, 11) is -2.46. The van der Waals surface area contributed by atoms with Crippen LogP contribution in [0, 0.1) is 0 Å². The van der Waals surface area contributed by atoms with Crippen molar-refractivity contribution in [1.82, 2.24) is 4.72 Å². The maximum absolute atomic E-state index is 12.1. The van der Waals surface area contributed by atoms with Gasteiger partial charge in [0.25, 0.3) is 0 Å². The fourth-order valence-electron chi connectivity index (χ4n) is 1.97. The van der Waals surface area contributed by atoms with Gasteiger partial charge in [-0.3, -0.25) is 0 Å². The number of ether oxygens (including phenoxy) is 2. The molecule has 0 saturated heterocycles. The van der Waals surface area contributed by atoms with Crippen molar-refractivity contribution in [3.05, 3.63) is 66.1 Å². The quantitative estimate of drug-likeness (QED) is 0.550. The molecule has 0 spiro atoms. The van der Waals surface area contributed by atoms with E-state index in [-0.39, 0.29) is 29.4 Å². The molecule has 138 valence electrons. The first kappa shape index (κ1) is 19.4. The number of benzene rings is 1. The summed E-state index contributed by atoms with van der Waals surface area (Å²) in [5.74, 6) is -1.40.